The summed E-state index contributed by atoms with van der Waals surface area (Å²) >= 11 is 0. The summed E-state index contributed by atoms with van der Waals surface area (Å²) in [6.45, 7) is 7.30. The van der Waals surface area contributed by atoms with Gasteiger partial charge >= 0.3 is 6.03 Å². The third-order valence-electron chi connectivity index (χ3n) is 4.71. The van der Waals surface area contributed by atoms with E-state index in [-0.39, 0.29) is 18.1 Å². The predicted octanol–water partition coefficient (Wildman–Crippen LogP) is 1.18. The molecule has 0 unspecified atom stereocenters. The highest BCUT2D eigenvalue weighted by Gasteiger charge is 2.42. The van der Waals surface area contributed by atoms with E-state index >= 15 is 0 Å². The molecule has 0 aromatic heterocycles. The number of rotatable bonds is 7. The van der Waals surface area contributed by atoms with E-state index in [0.717, 1.165) is 32.5 Å². The Morgan fingerprint density at radius 1 is 1.30 bits per heavy atom. The van der Waals surface area contributed by atoms with Crippen LogP contribution in [0.25, 0.3) is 0 Å². The molecule has 5 nitrogen and oxygen atoms in total. The van der Waals surface area contributed by atoms with Crippen LogP contribution in [0.3, 0.4) is 0 Å². The van der Waals surface area contributed by atoms with E-state index in [4.69, 9.17) is 0 Å². The lowest BCUT2D eigenvalue weighted by atomic mass is 9.97. The van der Waals surface area contributed by atoms with E-state index < -0.39 is 0 Å². The number of nitrogens with one attached hydrogen (secondary N) is 2. The summed E-state index contributed by atoms with van der Waals surface area (Å²) in [5.41, 5.74) is -0.0111. The summed E-state index contributed by atoms with van der Waals surface area (Å²) in [4.78, 5) is 14.2. The van der Waals surface area contributed by atoms with Gasteiger partial charge in [-0.1, -0.05) is 6.92 Å². The van der Waals surface area contributed by atoms with Crippen molar-refractivity contribution in [1.29, 1.82) is 0 Å². The van der Waals surface area contributed by atoms with Gasteiger partial charge in [0.05, 0.1) is 6.61 Å². The van der Waals surface area contributed by atoms with Gasteiger partial charge in [0.1, 0.15) is 0 Å². The Balaban J connectivity index is 1.55. The maximum atomic E-state index is 11.7. The molecule has 116 valence electrons. The molecule has 1 aliphatic carbocycles. The van der Waals surface area contributed by atoms with Crippen molar-refractivity contribution in [2.75, 3.05) is 39.3 Å². The second-order valence-electron chi connectivity index (χ2n) is 6.51. The highest BCUT2D eigenvalue weighted by atomic mass is 16.3. The first-order valence-electron chi connectivity index (χ1n) is 8.02. The number of nitrogens with zero attached hydrogens (tertiary/aromatic N) is 1. The zero-order valence-corrected chi connectivity index (χ0v) is 12.7. The van der Waals surface area contributed by atoms with Crippen LogP contribution in [0.1, 0.15) is 39.0 Å². The molecule has 20 heavy (non-hydrogen) atoms. The third-order valence-corrected chi connectivity index (χ3v) is 4.71. The van der Waals surface area contributed by atoms with Crippen LogP contribution in [-0.2, 0) is 0 Å². The smallest absolute Gasteiger partial charge is 0.314 e. The average molecular weight is 283 g/mol. The van der Waals surface area contributed by atoms with Crippen molar-refractivity contribution in [3.63, 3.8) is 0 Å². The summed E-state index contributed by atoms with van der Waals surface area (Å²) in [5, 5.41) is 15.1. The van der Waals surface area contributed by atoms with Crippen molar-refractivity contribution < 1.29 is 9.90 Å². The lowest BCUT2D eigenvalue weighted by Crippen LogP contribution is -2.43. The van der Waals surface area contributed by atoms with Crippen molar-refractivity contribution in [3.8, 4) is 0 Å². The maximum absolute atomic E-state index is 11.7. The van der Waals surface area contributed by atoms with E-state index in [1.165, 1.54) is 25.8 Å². The molecule has 1 saturated carbocycles. The summed E-state index contributed by atoms with van der Waals surface area (Å²) in [6, 6.07) is -0.0827. The summed E-state index contributed by atoms with van der Waals surface area (Å²) in [6.07, 6.45) is 5.64. The molecule has 2 rings (SSSR count). The molecule has 3 N–H and O–H groups in total. The predicted molar refractivity (Wildman–Crippen MR) is 79.6 cm³/mol. The fraction of sp³-hybridized carbons (Fsp3) is 0.933. The molecule has 0 aromatic rings. The number of hydrogen-bond donors (Lipinski definition) is 3. The van der Waals surface area contributed by atoms with Gasteiger partial charge in [0.2, 0.25) is 0 Å². The number of hydrogen-bond acceptors (Lipinski definition) is 3. The molecule has 0 aromatic carbocycles. The molecule has 0 bridgehead atoms. The van der Waals surface area contributed by atoms with Crippen molar-refractivity contribution in [2.24, 2.45) is 11.3 Å². The van der Waals surface area contributed by atoms with Crippen LogP contribution in [0.2, 0.25) is 0 Å². The van der Waals surface area contributed by atoms with E-state index in [2.05, 4.69) is 22.5 Å². The average Bonchev–Trinajstić information content (AvgIpc) is 3.25. The first-order valence-corrected chi connectivity index (χ1v) is 8.02. The van der Waals surface area contributed by atoms with Crippen molar-refractivity contribution in [2.45, 2.75) is 39.0 Å². The topological polar surface area (TPSA) is 64.6 Å². The highest BCUT2D eigenvalue weighted by molar-refractivity contribution is 5.73. The highest BCUT2D eigenvalue weighted by Crippen LogP contribution is 2.44. The summed E-state index contributed by atoms with van der Waals surface area (Å²) in [7, 11) is 0. The Kier molecular flexibility index (Phi) is 5.66. The number of piperidine rings is 1. The second kappa shape index (κ2) is 7.27. The number of carbonyl (C=O) groups excluding carboxylic acids is 1. The fourth-order valence-electron chi connectivity index (χ4n) is 2.87. The standard InChI is InChI=1S/C15H29N3O2/c1-2-7-18-8-3-13(4-9-18)10-16-14(20)17-11-15(12-19)5-6-15/h13,19H,2-12H2,1H3,(H2,16,17,20). The quantitative estimate of drug-likeness (QED) is 0.657. The Morgan fingerprint density at radius 3 is 2.55 bits per heavy atom. The molecule has 2 amide bonds. The van der Waals surface area contributed by atoms with Gasteiger partial charge in [-0.3, -0.25) is 0 Å². The molecule has 0 radical (unpaired) electrons. The third kappa shape index (κ3) is 4.63. The maximum Gasteiger partial charge on any atom is 0.314 e. The van der Waals surface area contributed by atoms with E-state index in [1.807, 2.05) is 0 Å². The molecule has 2 aliphatic rings. The zero-order valence-electron chi connectivity index (χ0n) is 12.7. The van der Waals surface area contributed by atoms with Gasteiger partial charge in [0.25, 0.3) is 0 Å². The van der Waals surface area contributed by atoms with E-state index in [0.29, 0.717) is 12.5 Å². The van der Waals surface area contributed by atoms with Gasteiger partial charge in [-0.2, -0.15) is 0 Å². The molecular weight excluding hydrogens is 254 g/mol. The molecule has 0 atom stereocenters. The Morgan fingerprint density at radius 2 is 2.00 bits per heavy atom. The number of aliphatic hydroxyl groups excluding tert-OH is 1. The monoisotopic (exact) mass is 283 g/mol. The molecule has 1 heterocycles. The fourth-order valence-corrected chi connectivity index (χ4v) is 2.87. The van der Waals surface area contributed by atoms with Crippen LogP contribution < -0.4 is 10.6 Å². The van der Waals surface area contributed by atoms with Gasteiger partial charge in [-0.25, -0.2) is 4.79 Å². The van der Waals surface area contributed by atoms with Crippen LogP contribution in [0.5, 0.6) is 0 Å². The Hall–Kier alpha value is -0.810. The van der Waals surface area contributed by atoms with E-state index in [1.54, 1.807) is 0 Å². The SMILES string of the molecule is CCCN1CCC(CNC(=O)NCC2(CO)CC2)CC1. The Labute approximate surface area is 122 Å². The van der Waals surface area contributed by atoms with Crippen molar-refractivity contribution in [1.82, 2.24) is 15.5 Å². The van der Waals surface area contributed by atoms with Crippen LogP contribution in [0.15, 0.2) is 0 Å². The summed E-state index contributed by atoms with van der Waals surface area (Å²) < 4.78 is 0. The molecule has 0 spiro atoms. The lowest BCUT2D eigenvalue weighted by Gasteiger charge is -2.31. The van der Waals surface area contributed by atoms with Crippen LogP contribution >= 0.6 is 0 Å². The van der Waals surface area contributed by atoms with Gasteiger partial charge in [0, 0.05) is 18.5 Å². The molecule has 2 fully saturated rings. The van der Waals surface area contributed by atoms with Crippen LogP contribution in [-0.4, -0.2) is 55.4 Å². The number of urea groups is 1. The number of carbonyl (C=O) groups is 1. The molecule has 1 saturated heterocycles. The van der Waals surface area contributed by atoms with Gasteiger partial charge in [-0.15, -0.1) is 0 Å². The first kappa shape index (κ1) is 15.6. The number of amides is 2. The molecular formula is C15H29N3O2. The van der Waals surface area contributed by atoms with Gasteiger partial charge in [-0.05, 0) is 57.7 Å². The lowest BCUT2D eigenvalue weighted by molar-refractivity contribution is 0.180. The number of aliphatic hydroxyl groups is 1. The largest absolute Gasteiger partial charge is 0.396 e. The zero-order chi connectivity index (χ0) is 14.4. The van der Waals surface area contributed by atoms with Gasteiger partial charge in [0.15, 0.2) is 0 Å². The van der Waals surface area contributed by atoms with Gasteiger partial charge < -0.3 is 20.6 Å². The second-order valence-corrected chi connectivity index (χ2v) is 6.51. The minimum atomic E-state index is -0.0827. The number of likely N-dealkylation sites (tertiary alicyclic amines) is 1. The van der Waals surface area contributed by atoms with Crippen LogP contribution in [0.4, 0.5) is 4.79 Å². The molecule has 5 heteroatoms. The summed E-state index contributed by atoms with van der Waals surface area (Å²) in [5.74, 6) is 0.613. The van der Waals surface area contributed by atoms with Crippen molar-refractivity contribution in [3.05, 3.63) is 0 Å². The van der Waals surface area contributed by atoms with Crippen molar-refractivity contribution >= 4 is 6.03 Å². The first-order chi connectivity index (χ1) is 9.67. The molecule has 1 aliphatic heterocycles. The normalized spacial score (nSPS) is 22.5. The van der Waals surface area contributed by atoms with Crippen LogP contribution in [0, 0.1) is 11.3 Å². The Bertz CT molecular complexity index is 310. The van der Waals surface area contributed by atoms with E-state index in [9.17, 15) is 9.90 Å². The minimum absolute atomic E-state index is 0.0111. The minimum Gasteiger partial charge on any atom is -0.396 e.